The van der Waals surface area contributed by atoms with Crippen molar-refractivity contribution >= 4 is 45.3 Å². The second kappa shape index (κ2) is 9.44. The van der Waals surface area contributed by atoms with Gasteiger partial charge in [0.25, 0.3) is 5.78 Å². The molecule has 4 aromatic rings. The van der Waals surface area contributed by atoms with E-state index in [1.807, 2.05) is 42.6 Å². The first kappa shape index (κ1) is 22.9. The monoisotopic (exact) mass is 503 g/mol. The number of hydrogen-bond acceptors (Lipinski definition) is 8. The molecule has 35 heavy (non-hydrogen) atoms. The molecule has 1 amide bonds. The van der Waals surface area contributed by atoms with Crippen LogP contribution in [0.2, 0.25) is 0 Å². The van der Waals surface area contributed by atoms with Crippen LogP contribution in [0.25, 0.3) is 5.76 Å². The van der Waals surface area contributed by atoms with E-state index in [0.29, 0.717) is 28.1 Å². The first-order valence-electron chi connectivity index (χ1n) is 10.9. The number of carbonyl (C=O) groups is 2. The Morgan fingerprint density at radius 1 is 1.06 bits per heavy atom. The molecule has 1 fully saturated rings. The number of rotatable bonds is 6. The Hall–Kier alpha value is -3.82. The number of ketones is 1. The molecule has 0 bridgehead atoms. The Morgan fingerprint density at radius 3 is 2.51 bits per heavy atom. The summed E-state index contributed by atoms with van der Waals surface area (Å²) in [5, 5.41) is 22.1. The SMILES string of the molecule is Cc1cccc(COc2ccc(C(O)=C3C(=O)C(=O)N(c4nnc(C)s4)[C@@H]3c3cccs3)cc2)c1. The predicted molar refractivity (Wildman–Crippen MR) is 136 cm³/mol. The molecular weight excluding hydrogens is 482 g/mol. The van der Waals surface area contributed by atoms with Gasteiger partial charge in [-0.2, -0.15) is 0 Å². The fourth-order valence-corrected chi connectivity index (χ4v) is 5.50. The molecule has 1 aliphatic rings. The van der Waals surface area contributed by atoms with Gasteiger partial charge in [-0.25, -0.2) is 0 Å². The van der Waals surface area contributed by atoms with Crippen LogP contribution in [-0.2, 0) is 16.2 Å². The van der Waals surface area contributed by atoms with E-state index in [1.54, 1.807) is 31.2 Å². The zero-order chi connectivity index (χ0) is 24.5. The summed E-state index contributed by atoms with van der Waals surface area (Å²) >= 11 is 2.62. The van der Waals surface area contributed by atoms with Crippen molar-refractivity contribution in [1.82, 2.24) is 10.2 Å². The van der Waals surface area contributed by atoms with Gasteiger partial charge in [0.2, 0.25) is 5.13 Å². The third kappa shape index (κ3) is 4.48. The number of amides is 1. The molecule has 1 aliphatic heterocycles. The van der Waals surface area contributed by atoms with Crippen LogP contribution in [0, 0.1) is 13.8 Å². The molecule has 1 N–H and O–H groups in total. The van der Waals surface area contributed by atoms with E-state index in [4.69, 9.17) is 4.74 Å². The zero-order valence-corrected chi connectivity index (χ0v) is 20.6. The normalized spacial score (nSPS) is 17.2. The molecule has 5 rings (SSSR count). The first-order valence-corrected chi connectivity index (χ1v) is 12.6. The van der Waals surface area contributed by atoms with E-state index in [9.17, 15) is 14.7 Å². The minimum atomic E-state index is -0.778. The summed E-state index contributed by atoms with van der Waals surface area (Å²) in [6.07, 6.45) is 0. The average Bonchev–Trinajstić information content (AvgIpc) is 3.59. The molecule has 0 aliphatic carbocycles. The topological polar surface area (TPSA) is 92.6 Å². The van der Waals surface area contributed by atoms with Crippen molar-refractivity contribution in [2.24, 2.45) is 0 Å². The number of anilines is 1. The second-order valence-corrected chi connectivity index (χ2v) is 10.2. The molecule has 0 saturated carbocycles. The van der Waals surface area contributed by atoms with Gasteiger partial charge in [0.1, 0.15) is 29.2 Å². The van der Waals surface area contributed by atoms with Crippen LogP contribution in [0.15, 0.2) is 71.6 Å². The highest BCUT2D eigenvalue weighted by atomic mass is 32.1. The highest BCUT2D eigenvalue weighted by Crippen LogP contribution is 2.44. The highest BCUT2D eigenvalue weighted by molar-refractivity contribution is 7.15. The van der Waals surface area contributed by atoms with Gasteiger partial charge in [-0.3, -0.25) is 14.5 Å². The first-order chi connectivity index (χ1) is 16.9. The maximum atomic E-state index is 13.1. The maximum absolute atomic E-state index is 13.1. The standard InChI is InChI=1S/C26H21N3O4S2/c1-15-5-3-6-17(13-15)14-33-19-10-8-18(9-11-19)23(30)21-22(20-7-4-12-34-20)29(25(32)24(21)31)26-28-27-16(2)35-26/h3-13,22,30H,14H2,1-2H3/t22-/m1/s1. The Labute approximate surface area is 210 Å². The number of nitrogens with zero attached hydrogens (tertiary/aromatic N) is 3. The largest absolute Gasteiger partial charge is 0.507 e. The Balaban J connectivity index is 1.47. The van der Waals surface area contributed by atoms with Gasteiger partial charge < -0.3 is 9.84 Å². The van der Waals surface area contributed by atoms with Gasteiger partial charge in [-0.15, -0.1) is 21.5 Å². The Bertz CT molecular complexity index is 1430. The number of aromatic nitrogens is 2. The summed E-state index contributed by atoms with van der Waals surface area (Å²) in [7, 11) is 0. The van der Waals surface area contributed by atoms with Gasteiger partial charge in [0.15, 0.2) is 0 Å². The second-order valence-electron chi connectivity index (χ2n) is 8.09. The third-order valence-electron chi connectivity index (χ3n) is 5.59. The third-order valence-corrected chi connectivity index (χ3v) is 7.36. The van der Waals surface area contributed by atoms with Crippen LogP contribution in [0.3, 0.4) is 0 Å². The van der Waals surface area contributed by atoms with Crippen molar-refractivity contribution in [1.29, 1.82) is 0 Å². The molecule has 9 heteroatoms. The lowest BCUT2D eigenvalue weighted by Crippen LogP contribution is -2.29. The van der Waals surface area contributed by atoms with Crippen molar-refractivity contribution in [2.75, 3.05) is 4.90 Å². The number of hydrogen-bond donors (Lipinski definition) is 1. The summed E-state index contributed by atoms with van der Waals surface area (Å²) < 4.78 is 5.86. The molecule has 1 atom stereocenters. The summed E-state index contributed by atoms with van der Waals surface area (Å²) in [5.74, 6) is -1.11. The fraction of sp³-hybridized carbons (Fsp3) is 0.154. The Kier molecular flexibility index (Phi) is 6.19. The molecular formula is C26H21N3O4S2. The number of aliphatic hydroxyl groups excluding tert-OH is 1. The van der Waals surface area contributed by atoms with E-state index < -0.39 is 17.7 Å². The number of Topliss-reactive ketones (excluding diaryl/α,β-unsaturated/α-hetero) is 1. The quantitative estimate of drug-likeness (QED) is 0.215. The Morgan fingerprint density at radius 2 is 1.86 bits per heavy atom. The van der Waals surface area contributed by atoms with Crippen LogP contribution in [-0.4, -0.2) is 27.0 Å². The molecule has 176 valence electrons. The predicted octanol–water partition coefficient (Wildman–Crippen LogP) is 5.42. The van der Waals surface area contributed by atoms with E-state index >= 15 is 0 Å². The van der Waals surface area contributed by atoms with Gasteiger partial charge in [0, 0.05) is 10.4 Å². The smallest absolute Gasteiger partial charge is 0.301 e. The number of thiophene rings is 1. The minimum Gasteiger partial charge on any atom is -0.507 e. The van der Waals surface area contributed by atoms with E-state index in [1.165, 1.54) is 27.6 Å². The number of aliphatic hydroxyl groups is 1. The van der Waals surface area contributed by atoms with Crippen LogP contribution in [0.1, 0.15) is 32.6 Å². The number of ether oxygens (including phenoxy) is 1. The van der Waals surface area contributed by atoms with Crippen molar-refractivity contribution in [3.8, 4) is 5.75 Å². The summed E-state index contributed by atoms with van der Waals surface area (Å²) in [6, 6.07) is 17.8. The summed E-state index contributed by atoms with van der Waals surface area (Å²) in [6.45, 7) is 4.22. The van der Waals surface area contributed by atoms with Crippen LogP contribution < -0.4 is 9.64 Å². The molecule has 2 aromatic heterocycles. The molecule has 0 spiro atoms. The average molecular weight is 504 g/mol. The summed E-state index contributed by atoms with van der Waals surface area (Å²) in [4.78, 5) is 28.2. The van der Waals surface area contributed by atoms with Crippen molar-refractivity contribution in [3.05, 3.63) is 98.2 Å². The number of carbonyl (C=O) groups excluding carboxylic acids is 2. The molecule has 3 heterocycles. The lowest BCUT2D eigenvalue weighted by Gasteiger charge is -2.20. The van der Waals surface area contributed by atoms with Gasteiger partial charge in [-0.1, -0.05) is 47.2 Å². The number of benzene rings is 2. The van der Waals surface area contributed by atoms with Crippen LogP contribution >= 0.6 is 22.7 Å². The van der Waals surface area contributed by atoms with E-state index in [-0.39, 0.29) is 11.3 Å². The van der Waals surface area contributed by atoms with Crippen molar-refractivity contribution in [3.63, 3.8) is 0 Å². The zero-order valence-electron chi connectivity index (χ0n) is 19.0. The maximum Gasteiger partial charge on any atom is 0.301 e. The van der Waals surface area contributed by atoms with E-state index in [2.05, 4.69) is 16.3 Å². The molecule has 0 unspecified atom stereocenters. The van der Waals surface area contributed by atoms with Gasteiger partial charge >= 0.3 is 5.91 Å². The van der Waals surface area contributed by atoms with Gasteiger partial charge in [0.05, 0.1) is 5.57 Å². The lowest BCUT2D eigenvalue weighted by molar-refractivity contribution is -0.132. The lowest BCUT2D eigenvalue weighted by atomic mass is 10.00. The van der Waals surface area contributed by atoms with Gasteiger partial charge in [-0.05, 0) is 55.1 Å². The molecule has 1 saturated heterocycles. The van der Waals surface area contributed by atoms with Crippen LogP contribution in [0.5, 0.6) is 5.75 Å². The number of aryl methyl sites for hydroxylation is 2. The summed E-state index contributed by atoms with van der Waals surface area (Å²) in [5.41, 5.74) is 2.66. The van der Waals surface area contributed by atoms with Crippen molar-refractivity contribution < 1.29 is 19.4 Å². The molecule has 2 aromatic carbocycles. The fourth-order valence-electron chi connectivity index (χ4n) is 3.96. The molecule has 0 radical (unpaired) electrons. The molecule has 7 nitrogen and oxygen atoms in total. The minimum absolute atomic E-state index is 0.0266. The van der Waals surface area contributed by atoms with Crippen molar-refractivity contribution in [2.45, 2.75) is 26.5 Å². The highest BCUT2D eigenvalue weighted by Gasteiger charge is 2.48. The van der Waals surface area contributed by atoms with Crippen LogP contribution in [0.4, 0.5) is 5.13 Å². The van der Waals surface area contributed by atoms with E-state index in [0.717, 1.165) is 16.0 Å².